The van der Waals surface area contributed by atoms with E-state index in [9.17, 15) is 4.79 Å². The number of carbonyl (C=O) groups is 1. The largest absolute Gasteiger partial charge is 0.348 e. The number of carbonyl (C=O) groups excluding carboxylic acids is 1. The van der Waals surface area contributed by atoms with E-state index < -0.39 is 0 Å². The highest BCUT2D eigenvalue weighted by Crippen LogP contribution is 2.12. The van der Waals surface area contributed by atoms with Crippen molar-refractivity contribution in [2.45, 2.75) is 13.0 Å². The molecule has 1 unspecified atom stereocenters. The lowest BCUT2D eigenvalue weighted by Gasteiger charge is -2.22. The van der Waals surface area contributed by atoms with E-state index in [1.807, 2.05) is 44.4 Å². The van der Waals surface area contributed by atoms with Crippen molar-refractivity contribution < 1.29 is 4.79 Å². The summed E-state index contributed by atoms with van der Waals surface area (Å²) in [6.45, 7) is 2.36. The Morgan fingerprint density at radius 3 is 2.40 bits per heavy atom. The first-order valence-corrected chi connectivity index (χ1v) is 5.06. The van der Waals surface area contributed by atoms with E-state index in [-0.39, 0.29) is 11.9 Å². The number of hydrogen-bond acceptors (Lipinski definition) is 2. The lowest BCUT2D eigenvalue weighted by atomic mass is 10.1. The van der Waals surface area contributed by atoms with Crippen LogP contribution < -0.4 is 5.32 Å². The van der Waals surface area contributed by atoms with Gasteiger partial charge in [0, 0.05) is 13.5 Å². The van der Waals surface area contributed by atoms with Crippen LogP contribution in [0.3, 0.4) is 0 Å². The van der Waals surface area contributed by atoms with E-state index in [0.29, 0.717) is 0 Å². The Balaban J connectivity index is 2.76. The monoisotopic (exact) mass is 206 g/mol. The smallest absolute Gasteiger partial charge is 0.217 e. The Kier molecular flexibility index (Phi) is 4.31. The summed E-state index contributed by atoms with van der Waals surface area (Å²) >= 11 is 0. The molecule has 0 aliphatic heterocycles. The second-order valence-corrected chi connectivity index (χ2v) is 3.93. The van der Waals surface area contributed by atoms with Gasteiger partial charge in [0.25, 0.3) is 0 Å². The van der Waals surface area contributed by atoms with Gasteiger partial charge in [-0.25, -0.2) is 0 Å². The van der Waals surface area contributed by atoms with E-state index in [2.05, 4.69) is 10.2 Å². The predicted molar refractivity (Wildman–Crippen MR) is 61.6 cm³/mol. The van der Waals surface area contributed by atoms with Crippen molar-refractivity contribution in [2.75, 3.05) is 20.6 Å². The molecule has 0 saturated carbocycles. The van der Waals surface area contributed by atoms with Gasteiger partial charge in [-0.2, -0.15) is 0 Å². The minimum atomic E-state index is 0.00528. The lowest BCUT2D eigenvalue weighted by Crippen LogP contribution is -2.33. The minimum absolute atomic E-state index is 0.00528. The Morgan fingerprint density at radius 2 is 1.93 bits per heavy atom. The molecule has 1 rings (SSSR count). The molecule has 0 saturated heterocycles. The molecular weight excluding hydrogens is 188 g/mol. The highest BCUT2D eigenvalue weighted by Gasteiger charge is 2.12. The maximum Gasteiger partial charge on any atom is 0.217 e. The summed E-state index contributed by atoms with van der Waals surface area (Å²) in [5.74, 6) is 0.00528. The molecule has 0 aromatic heterocycles. The van der Waals surface area contributed by atoms with Gasteiger partial charge in [-0.15, -0.1) is 0 Å². The molecule has 3 heteroatoms. The summed E-state index contributed by atoms with van der Waals surface area (Å²) in [5.41, 5.74) is 1.14. The standard InChI is InChI=1S/C12H18N2O/c1-10(15)13-12(9-14(2)3)11-7-5-4-6-8-11/h4-8,12H,9H2,1-3H3,(H,13,15). The van der Waals surface area contributed by atoms with Gasteiger partial charge in [-0.1, -0.05) is 30.3 Å². The fourth-order valence-electron chi connectivity index (χ4n) is 1.53. The first-order valence-electron chi connectivity index (χ1n) is 5.06. The summed E-state index contributed by atoms with van der Waals surface area (Å²) in [6.07, 6.45) is 0. The molecule has 1 N–H and O–H groups in total. The van der Waals surface area contributed by atoms with Crippen LogP contribution in [0.15, 0.2) is 30.3 Å². The summed E-state index contributed by atoms with van der Waals surface area (Å²) in [6, 6.07) is 10.1. The maximum absolute atomic E-state index is 11.1. The lowest BCUT2D eigenvalue weighted by molar-refractivity contribution is -0.119. The zero-order chi connectivity index (χ0) is 11.3. The van der Waals surface area contributed by atoms with E-state index in [4.69, 9.17) is 0 Å². The second kappa shape index (κ2) is 5.51. The van der Waals surface area contributed by atoms with Crippen LogP contribution in [0.5, 0.6) is 0 Å². The number of nitrogens with zero attached hydrogens (tertiary/aromatic N) is 1. The molecule has 82 valence electrons. The van der Waals surface area contributed by atoms with Crippen molar-refractivity contribution in [3.05, 3.63) is 35.9 Å². The summed E-state index contributed by atoms with van der Waals surface area (Å²) in [7, 11) is 4.00. The predicted octanol–water partition coefficient (Wildman–Crippen LogP) is 1.43. The number of benzene rings is 1. The van der Waals surface area contributed by atoms with Crippen LogP contribution in [0.1, 0.15) is 18.5 Å². The van der Waals surface area contributed by atoms with Crippen LogP contribution in [0.2, 0.25) is 0 Å². The molecule has 0 heterocycles. The molecule has 1 aromatic carbocycles. The molecule has 0 aliphatic rings. The quantitative estimate of drug-likeness (QED) is 0.808. The average molecular weight is 206 g/mol. The third-order valence-electron chi connectivity index (χ3n) is 2.13. The first kappa shape index (κ1) is 11.7. The van der Waals surface area contributed by atoms with Crippen LogP contribution in [-0.4, -0.2) is 31.4 Å². The van der Waals surface area contributed by atoms with Gasteiger partial charge < -0.3 is 10.2 Å². The number of hydrogen-bond donors (Lipinski definition) is 1. The minimum Gasteiger partial charge on any atom is -0.348 e. The van der Waals surface area contributed by atoms with Gasteiger partial charge in [-0.05, 0) is 19.7 Å². The molecule has 0 radical (unpaired) electrons. The molecule has 3 nitrogen and oxygen atoms in total. The molecular formula is C12H18N2O. The molecule has 1 aromatic rings. The maximum atomic E-state index is 11.1. The van der Waals surface area contributed by atoms with Crippen LogP contribution in [0.4, 0.5) is 0 Å². The molecule has 1 atom stereocenters. The highest BCUT2D eigenvalue weighted by molar-refractivity contribution is 5.73. The Bertz CT molecular complexity index is 309. The van der Waals surface area contributed by atoms with Gasteiger partial charge in [0.15, 0.2) is 0 Å². The van der Waals surface area contributed by atoms with Crippen LogP contribution in [0.25, 0.3) is 0 Å². The van der Waals surface area contributed by atoms with Crippen molar-refractivity contribution >= 4 is 5.91 Å². The van der Waals surface area contributed by atoms with E-state index in [1.165, 1.54) is 0 Å². The number of likely N-dealkylation sites (N-methyl/N-ethyl adjacent to an activating group) is 1. The van der Waals surface area contributed by atoms with Crippen molar-refractivity contribution in [3.8, 4) is 0 Å². The Morgan fingerprint density at radius 1 is 1.33 bits per heavy atom. The van der Waals surface area contributed by atoms with Gasteiger partial charge in [0.05, 0.1) is 6.04 Å². The van der Waals surface area contributed by atoms with Crippen molar-refractivity contribution in [3.63, 3.8) is 0 Å². The fraction of sp³-hybridized carbons (Fsp3) is 0.417. The van der Waals surface area contributed by atoms with Crippen LogP contribution >= 0.6 is 0 Å². The second-order valence-electron chi connectivity index (χ2n) is 3.93. The molecule has 0 spiro atoms. The van der Waals surface area contributed by atoms with Gasteiger partial charge in [0.1, 0.15) is 0 Å². The van der Waals surface area contributed by atoms with Crippen molar-refractivity contribution in [1.29, 1.82) is 0 Å². The Labute approximate surface area is 91.1 Å². The third-order valence-corrected chi connectivity index (χ3v) is 2.13. The van der Waals surface area contributed by atoms with E-state index in [0.717, 1.165) is 12.1 Å². The third kappa shape index (κ3) is 4.13. The number of amides is 1. The highest BCUT2D eigenvalue weighted by atomic mass is 16.1. The zero-order valence-corrected chi connectivity index (χ0v) is 9.53. The molecule has 1 amide bonds. The number of rotatable bonds is 4. The van der Waals surface area contributed by atoms with Crippen molar-refractivity contribution in [2.24, 2.45) is 0 Å². The van der Waals surface area contributed by atoms with Gasteiger partial charge >= 0.3 is 0 Å². The summed E-state index contributed by atoms with van der Waals surface area (Å²) in [4.78, 5) is 13.1. The average Bonchev–Trinajstić information content (AvgIpc) is 2.17. The fourth-order valence-corrected chi connectivity index (χ4v) is 1.53. The van der Waals surface area contributed by atoms with Crippen LogP contribution in [-0.2, 0) is 4.79 Å². The SMILES string of the molecule is CC(=O)NC(CN(C)C)c1ccccc1. The molecule has 15 heavy (non-hydrogen) atoms. The van der Waals surface area contributed by atoms with Gasteiger partial charge in [-0.3, -0.25) is 4.79 Å². The van der Waals surface area contributed by atoms with E-state index >= 15 is 0 Å². The molecule has 0 bridgehead atoms. The van der Waals surface area contributed by atoms with Gasteiger partial charge in [0.2, 0.25) is 5.91 Å². The van der Waals surface area contributed by atoms with E-state index in [1.54, 1.807) is 6.92 Å². The normalized spacial score (nSPS) is 12.5. The summed E-state index contributed by atoms with van der Waals surface area (Å²) < 4.78 is 0. The molecule has 0 aliphatic carbocycles. The van der Waals surface area contributed by atoms with Crippen molar-refractivity contribution in [1.82, 2.24) is 10.2 Å². The molecule has 0 fully saturated rings. The number of nitrogens with one attached hydrogen (secondary N) is 1. The van der Waals surface area contributed by atoms with Crippen LogP contribution in [0, 0.1) is 0 Å². The zero-order valence-electron chi connectivity index (χ0n) is 9.53. The Hall–Kier alpha value is -1.35. The summed E-state index contributed by atoms with van der Waals surface area (Å²) in [5, 5.41) is 2.95. The topological polar surface area (TPSA) is 32.3 Å². The first-order chi connectivity index (χ1) is 7.09.